The summed E-state index contributed by atoms with van der Waals surface area (Å²) in [6.07, 6.45) is 0.00764. The Kier molecular flexibility index (Phi) is 7.46. The molecule has 2 aliphatic rings. The van der Waals surface area contributed by atoms with E-state index in [1.165, 1.54) is 18.2 Å². The summed E-state index contributed by atoms with van der Waals surface area (Å²) in [4.78, 5) is 11.2. The van der Waals surface area contributed by atoms with Gasteiger partial charge < -0.3 is 26.0 Å². The summed E-state index contributed by atoms with van der Waals surface area (Å²) in [6.45, 7) is 4.82. The van der Waals surface area contributed by atoms with Gasteiger partial charge >= 0.3 is 0 Å². The Balaban J connectivity index is 1.63. The molecule has 1 aromatic carbocycles. The predicted octanol–water partition coefficient (Wildman–Crippen LogP) is 3.74. The fourth-order valence-corrected chi connectivity index (χ4v) is 6.17. The lowest BCUT2D eigenvalue weighted by Gasteiger charge is -2.43. The first-order chi connectivity index (χ1) is 16.9. The molecule has 1 aromatic heterocycles. The molecule has 4 N–H and O–H groups in total. The van der Waals surface area contributed by atoms with E-state index in [4.69, 9.17) is 5.41 Å². The summed E-state index contributed by atoms with van der Waals surface area (Å²) < 4.78 is 50.1. The molecule has 0 saturated carbocycles. The fraction of sp³-hybridized carbons (Fsp3) is 0.542. The maximum Gasteiger partial charge on any atom is 0.263 e. The molecule has 12 heteroatoms. The van der Waals surface area contributed by atoms with E-state index in [2.05, 4.69) is 20.6 Å². The number of halogens is 2. The van der Waals surface area contributed by atoms with Crippen molar-refractivity contribution in [3.8, 4) is 0 Å². The van der Waals surface area contributed by atoms with Crippen LogP contribution in [0.25, 0.3) is 0 Å². The molecule has 3 heterocycles. The molecular formula is C24H32F2N6O3S. The summed E-state index contributed by atoms with van der Waals surface area (Å²) in [5.74, 6) is 1.53. The maximum absolute atomic E-state index is 13.2. The molecule has 0 bridgehead atoms. The lowest BCUT2D eigenvalue weighted by molar-refractivity contribution is 0.0474. The quantitative estimate of drug-likeness (QED) is 0.366. The van der Waals surface area contributed by atoms with Gasteiger partial charge in [0.25, 0.3) is 6.43 Å². The molecule has 0 spiro atoms. The second kappa shape index (κ2) is 10.3. The summed E-state index contributed by atoms with van der Waals surface area (Å²) in [5.41, 5.74) is -0.108. The van der Waals surface area contributed by atoms with Crippen molar-refractivity contribution in [3.63, 3.8) is 0 Å². The summed E-state index contributed by atoms with van der Waals surface area (Å²) in [6, 6.07) is 5.72. The standard InChI is InChI=1S/C24H32F2N6O3S/c1-24(2,33)11-15-13-32(14-15)22-19(12-27)21(28-18-5-3-4-16(10-18)20(25)26)30-23(31-22)29-17-6-8-36(34,35)9-7-17/h3-5,10,12,15,17,20,27,33H,6-9,11,13-14H2,1-2H3,(H2,28,29,30,31). The molecule has 2 saturated heterocycles. The molecule has 4 rings (SSSR count). The van der Waals surface area contributed by atoms with Crippen molar-refractivity contribution in [2.45, 2.75) is 51.2 Å². The average Bonchev–Trinajstić information content (AvgIpc) is 2.77. The molecule has 2 fully saturated rings. The van der Waals surface area contributed by atoms with Crippen LogP contribution in [0.2, 0.25) is 0 Å². The van der Waals surface area contributed by atoms with Gasteiger partial charge in [0.1, 0.15) is 21.5 Å². The van der Waals surface area contributed by atoms with E-state index in [1.807, 2.05) is 4.90 Å². The molecule has 9 nitrogen and oxygen atoms in total. The van der Waals surface area contributed by atoms with E-state index in [1.54, 1.807) is 19.9 Å². The largest absolute Gasteiger partial charge is 0.390 e. The third-order valence-corrected chi connectivity index (χ3v) is 8.12. The number of sulfone groups is 1. The highest BCUT2D eigenvalue weighted by atomic mass is 32.2. The van der Waals surface area contributed by atoms with Crippen molar-refractivity contribution in [1.29, 1.82) is 5.41 Å². The molecule has 0 amide bonds. The van der Waals surface area contributed by atoms with Crippen LogP contribution in [0.1, 0.15) is 50.7 Å². The Labute approximate surface area is 209 Å². The molecule has 2 aliphatic heterocycles. The first-order valence-corrected chi connectivity index (χ1v) is 13.8. The maximum atomic E-state index is 13.2. The minimum absolute atomic E-state index is 0.0897. The van der Waals surface area contributed by atoms with Crippen molar-refractivity contribution in [2.24, 2.45) is 5.92 Å². The molecule has 2 aromatic rings. The highest BCUT2D eigenvalue weighted by Gasteiger charge is 2.34. The van der Waals surface area contributed by atoms with Crippen LogP contribution in [-0.2, 0) is 9.84 Å². The number of hydrogen-bond donors (Lipinski definition) is 4. The van der Waals surface area contributed by atoms with E-state index in [-0.39, 0.29) is 35.0 Å². The molecule has 36 heavy (non-hydrogen) atoms. The Morgan fingerprint density at radius 2 is 1.94 bits per heavy atom. The van der Waals surface area contributed by atoms with Crippen LogP contribution < -0.4 is 15.5 Å². The minimum atomic E-state index is -3.03. The first kappa shape index (κ1) is 26.2. The number of benzene rings is 1. The normalized spacial score (nSPS) is 18.7. The van der Waals surface area contributed by atoms with Crippen LogP contribution in [0, 0.1) is 11.3 Å². The summed E-state index contributed by atoms with van der Waals surface area (Å²) in [5, 5.41) is 24.5. The fourth-order valence-electron chi connectivity index (χ4n) is 4.68. The zero-order valence-electron chi connectivity index (χ0n) is 20.3. The lowest BCUT2D eigenvalue weighted by atomic mass is 9.87. The van der Waals surface area contributed by atoms with Crippen LogP contribution in [0.15, 0.2) is 24.3 Å². The third kappa shape index (κ3) is 6.47. The van der Waals surface area contributed by atoms with Gasteiger partial charge in [-0.25, -0.2) is 17.2 Å². The number of anilines is 4. The van der Waals surface area contributed by atoms with Crippen molar-refractivity contribution < 1.29 is 22.3 Å². The highest BCUT2D eigenvalue weighted by Crippen LogP contribution is 2.35. The van der Waals surface area contributed by atoms with E-state index in [9.17, 15) is 22.3 Å². The van der Waals surface area contributed by atoms with Crippen LogP contribution >= 0.6 is 0 Å². The van der Waals surface area contributed by atoms with Gasteiger partial charge in [-0.05, 0) is 51.2 Å². The zero-order valence-corrected chi connectivity index (χ0v) is 21.2. The average molecular weight is 523 g/mol. The highest BCUT2D eigenvalue weighted by molar-refractivity contribution is 7.91. The number of aliphatic hydroxyl groups is 1. The zero-order chi connectivity index (χ0) is 26.1. The molecule has 0 aliphatic carbocycles. The number of alkyl halides is 2. The van der Waals surface area contributed by atoms with E-state index >= 15 is 0 Å². The van der Waals surface area contributed by atoms with Gasteiger partial charge in [0.15, 0.2) is 0 Å². The van der Waals surface area contributed by atoms with Crippen molar-refractivity contribution in [1.82, 2.24) is 9.97 Å². The second-order valence-electron chi connectivity index (χ2n) is 10.2. The van der Waals surface area contributed by atoms with Crippen molar-refractivity contribution in [3.05, 3.63) is 35.4 Å². The van der Waals surface area contributed by atoms with Gasteiger partial charge in [-0.1, -0.05) is 12.1 Å². The third-order valence-electron chi connectivity index (χ3n) is 6.40. The summed E-state index contributed by atoms with van der Waals surface area (Å²) in [7, 11) is -3.03. The van der Waals surface area contributed by atoms with E-state index < -0.39 is 21.9 Å². The molecule has 0 atom stereocenters. The Bertz CT molecular complexity index is 1200. The minimum Gasteiger partial charge on any atom is -0.390 e. The van der Waals surface area contributed by atoms with Gasteiger partial charge in [0.05, 0.1) is 22.7 Å². The number of rotatable bonds is 9. The Morgan fingerprint density at radius 1 is 1.25 bits per heavy atom. The van der Waals surface area contributed by atoms with Crippen molar-refractivity contribution in [2.75, 3.05) is 40.1 Å². The molecular weight excluding hydrogens is 490 g/mol. The topological polar surface area (TPSA) is 131 Å². The Hall–Kier alpha value is -2.86. The smallest absolute Gasteiger partial charge is 0.263 e. The molecule has 0 unspecified atom stereocenters. The van der Waals surface area contributed by atoms with Gasteiger partial charge in [-0.15, -0.1) is 0 Å². The molecule has 0 radical (unpaired) electrons. The van der Waals surface area contributed by atoms with Gasteiger partial charge in [-0.2, -0.15) is 9.97 Å². The number of nitrogens with one attached hydrogen (secondary N) is 3. The van der Waals surface area contributed by atoms with Crippen LogP contribution in [0.4, 0.5) is 32.1 Å². The number of hydrogen-bond acceptors (Lipinski definition) is 9. The number of nitrogens with zero attached hydrogens (tertiary/aromatic N) is 3. The SMILES string of the molecule is CC(C)(O)CC1CN(c2nc(NC3CCS(=O)(=O)CC3)nc(Nc3cccc(C(F)F)c3)c2C=N)C1. The Morgan fingerprint density at radius 3 is 2.56 bits per heavy atom. The van der Waals surface area contributed by atoms with E-state index in [0.29, 0.717) is 55.2 Å². The number of aromatic nitrogens is 2. The lowest BCUT2D eigenvalue weighted by Crippen LogP contribution is -2.50. The molecule has 196 valence electrons. The first-order valence-electron chi connectivity index (χ1n) is 11.9. The predicted molar refractivity (Wildman–Crippen MR) is 137 cm³/mol. The van der Waals surface area contributed by atoms with Crippen LogP contribution in [0.3, 0.4) is 0 Å². The second-order valence-corrected chi connectivity index (χ2v) is 12.5. The van der Waals surface area contributed by atoms with Crippen LogP contribution in [0.5, 0.6) is 0 Å². The van der Waals surface area contributed by atoms with Crippen molar-refractivity contribution >= 4 is 39.3 Å². The van der Waals surface area contributed by atoms with Gasteiger partial charge in [0, 0.05) is 36.6 Å². The monoisotopic (exact) mass is 522 g/mol. The van der Waals surface area contributed by atoms with Gasteiger partial charge in [-0.3, -0.25) is 0 Å². The van der Waals surface area contributed by atoms with E-state index in [0.717, 1.165) is 6.21 Å². The van der Waals surface area contributed by atoms with Crippen LogP contribution in [-0.4, -0.2) is 65.9 Å². The van der Waals surface area contributed by atoms with Gasteiger partial charge in [0.2, 0.25) is 5.95 Å². The summed E-state index contributed by atoms with van der Waals surface area (Å²) >= 11 is 0.